The normalized spacial score (nSPS) is 28.7. The average molecular weight is 299 g/mol. The Morgan fingerprint density at radius 3 is 1.67 bits per heavy atom. The molecule has 1 heteroatoms. The summed E-state index contributed by atoms with van der Waals surface area (Å²) in [6.45, 7) is 2.24. The fraction of sp³-hybridized carbons (Fsp3) is 0.400. The number of halogens is 1. The van der Waals surface area contributed by atoms with E-state index in [1.807, 2.05) is 0 Å². The number of benzene rings is 2. The molecule has 21 heavy (non-hydrogen) atoms. The van der Waals surface area contributed by atoms with E-state index in [4.69, 9.17) is 11.6 Å². The third-order valence-corrected chi connectivity index (χ3v) is 5.66. The molecule has 3 atom stereocenters. The molecule has 1 unspecified atom stereocenters. The summed E-state index contributed by atoms with van der Waals surface area (Å²) >= 11 is 7.27. The first kappa shape index (κ1) is 14.7. The largest absolute Gasteiger partial charge is 0.118 e. The van der Waals surface area contributed by atoms with E-state index in [2.05, 4.69) is 67.6 Å². The summed E-state index contributed by atoms with van der Waals surface area (Å²) in [6.07, 6.45) is 4.59. The SMILES string of the molecule is CCCC1(Cl)[C@@H](c2ccccc2)CC[C@H]1c1ccccc1. The molecule has 0 radical (unpaired) electrons. The van der Waals surface area contributed by atoms with E-state index >= 15 is 0 Å². The maximum atomic E-state index is 7.27. The van der Waals surface area contributed by atoms with Gasteiger partial charge in [-0.05, 0) is 30.4 Å². The van der Waals surface area contributed by atoms with Crippen molar-refractivity contribution in [2.24, 2.45) is 0 Å². The molecule has 1 aliphatic carbocycles. The monoisotopic (exact) mass is 298 g/mol. The van der Waals surface area contributed by atoms with Crippen LogP contribution in [0.3, 0.4) is 0 Å². The number of alkyl halides is 1. The van der Waals surface area contributed by atoms with Gasteiger partial charge in [-0.3, -0.25) is 0 Å². The highest BCUT2D eigenvalue weighted by Gasteiger charge is 2.49. The van der Waals surface area contributed by atoms with Crippen molar-refractivity contribution in [1.29, 1.82) is 0 Å². The lowest BCUT2D eigenvalue weighted by Crippen LogP contribution is -2.31. The molecule has 0 spiro atoms. The molecule has 3 rings (SSSR count). The van der Waals surface area contributed by atoms with E-state index in [1.165, 1.54) is 24.0 Å². The van der Waals surface area contributed by atoms with E-state index in [-0.39, 0.29) is 4.87 Å². The predicted octanol–water partition coefficient (Wildman–Crippen LogP) is 6.13. The quantitative estimate of drug-likeness (QED) is 0.596. The van der Waals surface area contributed by atoms with Gasteiger partial charge in [0.1, 0.15) is 0 Å². The van der Waals surface area contributed by atoms with Gasteiger partial charge in [-0.15, -0.1) is 11.6 Å². The third-order valence-electron chi connectivity index (χ3n) is 4.94. The highest BCUT2D eigenvalue weighted by molar-refractivity contribution is 6.25. The zero-order chi connectivity index (χ0) is 14.7. The molecule has 0 nitrogen and oxygen atoms in total. The lowest BCUT2D eigenvalue weighted by atomic mass is 9.78. The Kier molecular flexibility index (Phi) is 4.35. The van der Waals surface area contributed by atoms with E-state index in [9.17, 15) is 0 Å². The van der Waals surface area contributed by atoms with E-state index in [1.54, 1.807) is 0 Å². The summed E-state index contributed by atoms with van der Waals surface area (Å²) in [5, 5.41) is 0. The highest BCUT2D eigenvalue weighted by atomic mass is 35.5. The fourth-order valence-corrected chi connectivity index (χ4v) is 4.71. The molecule has 0 N–H and O–H groups in total. The maximum Gasteiger partial charge on any atom is 0.0583 e. The lowest BCUT2D eigenvalue weighted by molar-refractivity contribution is 0.442. The van der Waals surface area contributed by atoms with Crippen LogP contribution in [0.5, 0.6) is 0 Å². The molecular formula is C20H23Cl. The molecule has 0 bridgehead atoms. The fourth-order valence-electron chi connectivity index (χ4n) is 4.05. The van der Waals surface area contributed by atoms with Crippen LogP contribution < -0.4 is 0 Å². The Bertz CT molecular complexity index is 513. The smallest absolute Gasteiger partial charge is 0.0583 e. The summed E-state index contributed by atoms with van der Waals surface area (Å²) in [5.41, 5.74) is 2.80. The summed E-state index contributed by atoms with van der Waals surface area (Å²) in [7, 11) is 0. The topological polar surface area (TPSA) is 0 Å². The van der Waals surface area contributed by atoms with Crippen molar-refractivity contribution in [2.75, 3.05) is 0 Å². The van der Waals surface area contributed by atoms with Crippen LogP contribution in [-0.2, 0) is 0 Å². The number of hydrogen-bond acceptors (Lipinski definition) is 0. The molecular weight excluding hydrogens is 276 g/mol. The predicted molar refractivity (Wildman–Crippen MR) is 91.1 cm³/mol. The first-order chi connectivity index (χ1) is 10.3. The molecule has 0 aliphatic heterocycles. The van der Waals surface area contributed by atoms with E-state index < -0.39 is 0 Å². The second-order valence-electron chi connectivity index (χ2n) is 6.18. The van der Waals surface area contributed by atoms with Crippen LogP contribution in [0.4, 0.5) is 0 Å². The second-order valence-corrected chi connectivity index (χ2v) is 6.88. The zero-order valence-electron chi connectivity index (χ0n) is 12.6. The summed E-state index contributed by atoms with van der Waals surface area (Å²) in [6, 6.07) is 21.7. The minimum atomic E-state index is -0.141. The van der Waals surface area contributed by atoms with Gasteiger partial charge < -0.3 is 0 Å². The van der Waals surface area contributed by atoms with Gasteiger partial charge in [0.25, 0.3) is 0 Å². The summed E-state index contributed by atoms with van der Waals surface area (Å²) < 4.78 is 0. The molecule has 2 aromatic carbocycles. The van der Waals surface area contributed by atoms with Crippen molar-refractivity contribution in [1.82, 2.24) is 0 Å². The zero-order valence-corrected chi connectivity index (χ0v) is 13.4. The molecule has 1 fully saturated rings. The van der Waals surface area contributed by atoms with Crippen LogP contribution in [-0.4, -0.2) is 4.87 Å². The molecule has 0 amide bonds. The van der Waals surface area contributed by atoms with Gasteiger partial charge >= 0.3 is 0 Å². The Morgan fingerprint density at radius 2 is 1.29 bits per heavy atom. The van der Waals surface area contributed by atoms with Gasteiger partial charge in [-0.2, -0.15) is 0 Å². The molecule has 110 valence electrons. The van der Waals surface area contributed by atoms with Crippen LogP contribution in [0.25, 0.3) is 0 Å². The molecule has 1 aliphatic rings. The van der Waals surface area contributed by atoms with Crippen molar-refractivity contribution in [3.05, 3.63) is 71.8 Å². The molecule has 0 heterocycles. The number of hydrogen-bond donors (Lipinski definition) is 0. The highest BCUT2D eigenvalue weighted by Crippen LogP contribution is 2.57. The van der Waals surface area contributed by atoms with Crippen LogP contribution in [0.15, 0.2) is 60.7 Å². The first-order valence-corrected chi connectivity index (χ1v) is 8.42. The van der Waals surface area contributed by atoms with Gasteiger partial charge in [-0.25, -0.2) is 0 Å². The van der Waals surface area contributed by atoms with E-state index in [0.29, 0.717) is 11.8 Å². The van der Waals surface area contributed by atoms with Crippen LogP contribution in [0.2, 0.25) is 0 Å². The minimum absolute atomic E-state index is 0.141. The van der Waals surface area contributed by atoms with Crippen molar-refractivity contribution >= 4 is 11.6 Å². The van der Waals surface area contributed by atoms with Gasteiger partial charge in [0.15, 0.2) is 0 Å². The Balaban J connectivity index is 1.97. The van der Waals surface area contributed by atoms with Gasteiger partial charge in [-0.1, -0.05) is 74.0 Å². The molecule has 2 aromatic rings. The third kappa shape index (κ3) is 2.74. The lowest BCUT2D eigenvalue weighted by Gasteiger charge is -2.35. The standard InChI is InChI=1S/C20H23Cl/c1-2-15-20(21)18(16-9-5-3-6-10-16)13-14-19(20)17-11-7-4-8-12-17/h3-12,18-19H,2,13-15H2,1H3/t18-,19+,20?. The van der Waals surface area contributed by atoms with Crippen molar-refractivity contribution in [3.8, 4) is 0 Å². The molecule has 1 saturated carbocycles. The Hall–Kier alpha value is -1.27. The number of rotatable bonds is 4. The van der Waals surface area contributed by atoms with E-state index in [0.717, 1.165) is 12.8 Å². The van der Waals surface area contributed by atoms with Crippen molar-refractivity contribution in [3.63, 3.8) is 0 Å². The first-order valence-electron chi connectivity index (χ1n) is 8.04. The average Bonchev–Trinajstić information content (AvgIpc) is 2.86. The van der Waals surface area contributed by atoms with Crippen LogP contribution in [0.1, 0.15) is 55.6 Å². The van der Waals surface area contributed by atoms with Crippen molar-refractivity contribution < 1.29 is 0 Å². The van der Waals surface area contributed by atoms with Gasteiger partial charge in [0.2, 0.25) is 0 Å². The van der Waals surface area contributed by atoms with Crippen molar-refractivity contribution in [2.45, 2.75) is 49.3 Å². The van der Waals surface area contributed by atoms with Crippen LogP contribution in [0, 0.1) is 0 Å². The van der Waals surface area contributed by atoms with Crippen LogP contribution >= 0.6 is 11.6 Å². The minimum Gasteiger partial charge on any atom is -0.118 e. The molecule has 0 aromatic heterocycles. The molecule has 0 saturated heterocycles. The summed E-state index contributed by atoms with van der Waals surface area (Å²) in [5.74, 6) is 0.927. The van der Waals surface area contributed by atoms with Gasteiger partial charge in [0.05, 0.1) is 4.87 Å². The second kappa shape index (κ2) is 6.23. The summed E-state index contributed by atoms with van der Waals surface area (Å²) in [4.78, 5) is -0.141. The Labute approximate surface area is 133 Å². The van der Waals surface area contributed by atoms with Gasteiger partial charge in [0, 0.05) is 11.8 Å². The Morgan fingerprint density at radius 1 is 0.857 bits per heavy atom. The maximum absolute atomic E-state index is 7.27.